The monoisotopic (exact) mass is 413 g/mol. The maximum absolute atomic E-state index is 12.2. The topological polar surface area (TPSA) is 104 Å². The minimum absolute atomic E-state index is 0.150. The number of para-hydroxylation sites is 1. The predicted molar refractivity (Wildman–Crippen MR) is 114 cm³/mol. The summed E-state index contributed by atoms with van der Waals surface area (Å²) in [6.07, 6.45) is 0. The lowest BCUT2D eigenvalue weighted by Gasteiger charge is -2.18. The molecule has 0 fully saturated rings. The second kappa shape index (κ2) is 8.36. The summed E-state index contributed by atoms with van der Waals surface area (Å²) in [5.74, 6) is 1.99. The van der Waals surface area contributed by atoms with Crippen LogP contribution in [0.15, 0.2) is 46.9 Å². The van der Waals surface area contributed by atoms with Crippen LogP contribution in [0.4, 0.5) is 17.3 Å². The van der Waals surface area contributed by atoms with Gasteiger partial charge < -0.3 is 25.1 Å². The van der Waals surface area contributed by atoms with Crippen molar-refractivity contribution in [2.75, 3.05) is 24.7 Å². The number of carbonyl (C=O) groups is 1. The number of furan rings is 1. The number of nitrogens with zero attached hydrogens (tertiary/aromatic N) is 3. The lowest BCUT2D eigenvalue weighted by molar-refractivity contribution is 0.0824. The van der Waals surface area contributed by atoms with Crippen LogP contribution in [0, 0.1) is 6.92 Å². The van der Waals surface area contributed by atoms with Crippen molar-refractivity contribution in [1.82, 2.24) is 13.6 Å². The normalized spacial score (nSPS) is 11.7. The average molecular weight is 414 g/mol. The highest BCUT2D eigenvalue weighted by Crippen LogP contribution is 2.34. The molecule has 3 rings (SSSR count). The largest absolute Gasteiger partial charge is 0.505 e. The van der Waals surface area contributed by atoms with E-state index in [2.05, 4.69) is 26.0 Å². The smallest absolute Gasteiger partial charge is 0.257 e. The summed E-state index contributed by atoms with van der Waals surface area (Å²) in [6.45, 7) is 7.80. The Morgan fingerprint density at radius 3 is 2.59 bits per heavy atom. The first-order chi connectivity index (χ1) is 13.8. The Bertz CT molecular complexity index is 1040. The predicted octanol–water partition coefficient (Wildman–Crippen LogP) is 4.32. The third kappa shape index (κ3) is 4.40. The van der Waals surface area contributed by atoms with Crippen molar-refractivity contribution in [3.63, 3.8) is 0 Å². The highest BCUT2D eigenvalue weighted by Gasteiger charge is 2.21. The lowest BCUT2D eigenvalue weighted by Crippen LogP contribution is -2.21. The number of hydrogen-bond donors (Lipinski definition) is 3. The van der Waals surface area contributed by atoms with E-state index in [0.29, 0.717) is 17.3 Å². The van der Waals surface area contributed by atoms with Crippen LogP contribution in [0.5, 0.6) is 5.75 Å². The Hall–Kier alpha value is -3.33. The second-order valence-electron chi connectivity index (χ2n) is 6.86. The molecule has 0 radical (unpaired) electrons. The first kappa shape index (κ1) is 20.4. The molecule has 1 aromatic carbocycles. The Morgan fingerprint density at radius 1 is 1.24 bits per heavy atom. The quantitative estimate of drug-likeness (QED) is 0.391. The van der Waals surface area contributed by atoms with Crippen LogP contribution < -0.4 is 10.6 Å². The summed E-state index contributed by atoms with van der Waals surface area (Å²) >= 11 is 1.02. The summed E-state index contributed by atoms with van der Waals surface area (Å²) in [5, 5.41) is 16.9. The fourth-order valence-corrected chi connectivity index (χ4v) is 3.21. The van der Waals surface area contributed by atoms with E-state index in [-0.39, 0.29) is 23.3 Å². The van der Waals surface area contributed by atoms with Crippen LogP contribution in [0.3, 0.4) is 0 Å². The highest BCUT2D eigenvalue weighted by molar-refractivity contribution is 6.99. The van der Waals surface area contributed by atoms with Gasteiger partial charge in [-0.05, 0) is 38.1 Å². The molecule has 0 bridgehead atoms. The van der Waals surface area contributed by atoms with Crippen molar-refractivity contribution in [2.24, 2.45) is 0 Å². The standard InChI is InChI=1S/C20H23N5O3S/c1-11(2)16(15-10-9-12(3)28-15)22-19-18(23-29-24-19)21-14-8-6-7-13(17(14)26)20(27)25(4)5/h6-10,16,26H,1H2,2-5H3,(H,21,23)(H,22,24)/t16-/m1/s1. The maximum atomic E-state index is 12.2. The molecular weight excluding hydrogens is 390 g/mol. The molecule has 0 unspecified atom stereocenters. The van der Waals surface area contributed by atoms with Gasteiger partial charge in [-0.2, -0.15) is 8.75 Å². The van der Waals surface area contributed by atoms with Crippen LogP contribution in [-0.4, -0.2) is 38.8 Å². The van der Waals surface area contributed by atoms with Crippen molar-refractivity contribution >= 4 is 35.0 Å². The molecule has 2 aromatic heterocycles. The van der Waals surface area contributed by atoms with Gasteiger partial charge in [0.25, 0.3) is 5.91 Å². The van der Waals surface area contributed by atoms with Gasteiger partial charge in [0.15, 0.2) is 17.4 Å². The molecule has 3 N–H and O–H groups in total. The van der Waals surface area contributed by atoms with Crippen LogP contribution in [0.25, 0.3) is 0 Å². The zero-order chi connectivity index (χ0) is 21.1. The molecule has 0 saturated heterocycles. The summed E-state index contributed by atoms with van der Waals surface area (Å²) in [7, 11) is 3.25. The zero-order valence-corrected chi connectivity index (χ0v) is 17.5. The molecule has 1 amide bonds. The summed E-state index contributed by atoms with van der Waals surface area (Å²) < 4.78 is 14.3. The highest BCUT2D eigenvalue weighted by atomic mass is 32.1. The number of benzene rings is 1. The van der Waals surface area contributed by atoms with Gasteiger partial charge in [-0.3, -0.25) is 4.79 Å². The van der Waals surface area contributed by atoms with Gasteiger partial charge in [0, 0.05) is 14.1 Å². The van der Waals surface area contributed by atoms with E-state index < -0.39 is 0 Å². The van der Waals surface area contributed by atoms with Gasteiger partial charge in [0.1, 0.15) is 17.6 Å². The van der Waals surface area contributed by atoms with E-state index >= 15 is 0 Å². The Labute approximate surface area is 173 Å². The number of aromatic nitrogens is 2. The molecule has 8 nitrogen and oxygen atoms in total. The number of carbonyl (C=O) groups excluding carboxylic acids is 1. The van der Waals surface area contributed by atoms with Crippen molar-refractivity contribution in [2.45, 2.75) is 19.9 Å². The van der Waals surface area contributed by atoms with Crippen molar-refractivity contribution in [1.29, 1.82) is 0 Å². The summed E-state index contributed by atoms with van der Waals surface area (Å²) in [5.41, 5.74) is 1.40. The zero-order valence-electron chi connectivity index (χ0n) is 16.7. The number of rotatable bonds is 7. The van der Waals surface area contributed by atoms with E-state index in [4.69, 9.17) is 4.42 Å². The minimum atomic E-state index is -0.295. The summed E-state index contributed by atoms with van der Waals surface area (Å²) in [4.78, 5) is 13.6. The van der Waals surface area contributed by atoms with Gasteiger partial charge >= 0.3 is 0 Å². The van der Waals surface area contributed by atoms with Crippen LogP contribution in [0.1, 0.15) is 34.8 Å². The van der Waals surface area contributed by atoms with Gasteiger partial charge in [-0.1, -0.05) is 18.2 Å². The van der Waals surface area contributed by atoms with Crippen LogP contribution in [-0.2, 0) is 0 Å². The third-order valence-corrected chi connectivity index (χ3v) is 4.76. The molecular formula is C20H23N5O3S. The molecule has 3 aromatic rings. The molecule has 0 saturated carbocycles. The molecule has 9 heteroatoms. The number of nitrogens with one attached hydrogen (secondary N) is 2. The molecule has 29 heavy (non-hydrogen) atoms. The van der Waals surface area contributed by atoms with Crippen molar-refractivity contribution in [3.05, 3.63) is 59.6 Å². The van der Waals surface area contributed by atoms with Gasteiger partial charge in [-0.25, -0.2) is 0 Å². The molecule has 0 aliphatic heterocycles. The first-order valence-corrected chi connectivity index (χ1v) is 9.62. The number of phenols is 1. The molecule has 1 atom stereocenters. The number of aromatic hydroxyl groups is 1. The second-order valence-corrected chi connectivity index (χ2v) is 7.39. The SMILES string of the molecule is C=C(C)[C@@H](Nc1nsnc1Nc1cccc(C(=O)N(C)C)c1O)c1ccc(C)o1. The van der Waals surface area contributed by atoms with Crippen LogP contribution >= 0.6 is 11.7 Å². The average Bonchev–Trinajstić information content (AvgIpc) is 3.29. The fraction of sp³-hybridized carbons (Fsp3) is 0.250. The van der Waals surface area contributed by atoms with Crippen molar-refractivity contribution in [3.8, 4) is 5.75 Å². The van der Waals surface area contributed by atoms with E-state index in [1.807, 2.05) is 26.0 Å². The Morgan fingerprint density at radius 2 is 1.97 bits per heavy atom. The van der Waals surface area contributed by atoms with E-state index in [1.54, 1.807) is 32.3 Å². The molecule has 152 valence electrons. The number of aryl methyl sites for hydroxylation is 1. The molecule has 0 spiro atoms. The van der Waals surface area contributed by atoms with Crippen molar-refractivity contribution < 1.29 is 14.3 Å². The van der Waals surface area contributed by atoms with E-state index in [9.17, 15) is 9.90 Å². The molecule has 0 aliphatic rings. The molecule has 2 heterocycles. The van der Waals surface area contributed by atoms with Gasteiger partial charge in [-0.15, -0.1) is 0 Å². The number of anilines is 3. The van der Waals surface area contributed by atoms with E-state index in [1.165, 1.54) is 4.90 Å². The lowest BCUT2D eigenvalue weighted by atomic mass is 10.1. The third-order valence-electron chi connectivity index (χ3n) is 4.23. The molecule has 0 aliphatic carbocycles. The van der Waals surface area contributed by atoms with E-state index in [0.717, 1.165) is 28.8 Å². The van der Waals surface area contributed by atoms with Crippen LogP contribution in [0.2, 0.25) is 0 Å². The Balaban J connectivity index is 1.87. The summed E-state index contributed by atoms with van der Waals surface area (Å²) in [6, 6.07) is 8.40. The maximum Gasteiger partial charge on any atom is 0.257 e. The minimum Gasteiger partial charge on any atom is -0.505 e. The van der Waals surface area contributed by atoms with Gasteiger partial charge in [0.2, 0.25) is 0 Å². The Kier molecular flexibility index (Phi) is 5.88. The van der Waals surface area contributed by atoms with Gasteiger partial charge in [0.05, 0.1) is 23.0 Å². The fourth-order valence-electron chi connectivity index (χ4n) is 2.73. The number of phenolic OH excluding ortho intramolecular Hbond substituents is 1. The number of hydrogen-bond acceptors (Lipinski definition) is 8. The number of amides is 1. The first-order valence-electron chi connectivity index (χ1n) is 8.89.